The molecule has 2 rings (SSSR count). The van der Waals surface area contributed by atoms with Gasteiger partial charge in [-0.2, -0.15) is 0 Å². The minimum atomic E-state index is -0.427. The molecule has 1 heterocycles. The second-order valence-electron chi connectivity index (χ2n) is 3.97. The van der Waals surface area contributed by atoms with Crippen molar-refractivity contribution in [3.05, 3.63) is 34.9 Å². The molecule has 0 spiro atoms. The van der Waals surface area contributed by atoms with E-state index in [1.54, 1.807) is 0 Å². The molecule has 3 nitrogen and oxygen atoms in total. The monoisotopic (exact) mass is 204 g/mol. The Morgan fingerprint density at radius 1 is 1.13 bits per heavy atom. The Kier molecular flexibility index (Phi) is 2.31. The van der Waals surface area contributed by atoms with Crippen molar-refractivity contribution in [2.24, 2.45) is 0 Å². The maximum absolute atomic E-state index is 11.4. The van der Waals surface area contributed by atoms with Gasteiger partial charge in [-0.1, -0.05) is 29.3 Å². The van der Waals surface area contributed by atoms with E-state index in [0.717, 1.165) is 16.7 Å². The highest BCUT2D eigenvalue weighted by molar-refractivity contribution is 5.97. The normalized spacial score (nSPS) is 20.5. The number of carbonyl (C=O) groups is 2. The average Bonchev–Trinajstić information content (AvgIpc) is 2.43. The van der Waals surface area contributed by atoms with Crippen LogP contribution in [0.2, 0.25) is 0 Å². The molecule has 0 radical (unpaired) electrons. The van der Waals surface area contributed by atoms with E-state index in [1.165, 1.54) is 0 Å². The van der Waals surface area contributed by atoms with Crippen LogP contribution >= 0.6 is 0 Å². The lowest BCUT2D eigenvalue weighted by Gasteiger charge is -2.07. The summed E-state index contributed by atoms with van der Waals surface area (Å²) in [6, 6.07) is 5.89. The minimum absolute atomic E-state index is 0.168. The average molecular weight is 204 g/mol. The van der Waals surface area contributed by atoms with Gasteiger partial charge in [-0.25, -0.2) is 0 Å². The third-order valence-corrected chi connectivity index (χ3v) is 2.52. The van der Waals surface area contributed by atoms with Crippen molar-refractivity contribution in [3.63, 3.8) is 0 Å². The van der Waals surface area contributed by atoms with E-state index in [2.05, 4.69) is 4.74 Å². The molecule has 1 aromatic rings. The molecule has 1 atom stereocenters. The first-order valence-corrected chi connectivity index (χ1v) is 4.89. The Hall–Kier alpha value is -1.64. The number of rotatable bonds is 1. The molecule has 0 saturated carbocycles. The van der Waals surface area contributed by atoms with Crippen LogP contribution in [0, 0.1) is 13.8 Å². The number of hydrogen-bond acceptors (Lipinski definition) is 3. The Bertz CT molecular complexity index is 414. The number of hydrogen-bond donors (Lipinski definition) is 0. The van der Waals surface area contributed by atoms with E-state index < -0.39 is 17.9 Å². The van der Waals surface area contributed by atoms with Crippen molar-refractivity contribution < 1.29 is 14.3 Å². The zero-order valence-electron chi connectivity index (χ0n) is 8.74. The third-order valence-electron chi connectivity index (χ3n) is 2.52. The molecule has 0 N–H and O–H groups in total. The maximum atomic E-state index is 11.4. The van der Waals surface area contributed by atoms with E-state index in [4.69, 9.17) is 0 Å². The van der Waals surface area contributed by atoms with Crippen LogP contribution in [0.15, 0.2) is 18.2 Å². The number of carbonyl (C=O) groups excluding carboxylic acids is 2. The van der Waals surface area contributed by atoms with Crippen molar-refractivity contribution in [2.45, 2.75) is 26.2 Å². The van der Waals surface area contributed by atoms with Crippen LogP contribution in [0.3, 0.4) is 0 Å². The third kappa shape index (κ3) is 1.91. The van der Waals surface area contributed by atoms with Crippen LogP contribution in [0.4, 0.5) is 0 Å². The van der Waals surface area contributed by atoms with Crippen molar-refractivity contribution in [3.8, 4) is 0 Å². The fourth-order valence-corrected chi connectivity index (χ4v) is 1.94. The molecule has 1 aromatic carbocycles. The number of benzene rings is 1. The topological polar surface area (TPSA) is 43.4 Å². The first-order chi connectivity index (χ1) is 7.06. The summed E-state index contributed by atoms with van der Waals surface area (Å²) in [5, 5.41) is 0. The van der Waals surface area contributed by atoms with Gasteiger partial charge in [0.2, 0.25) is 0 Å². The Balaban J connectivity index is 2.37. The van der Waals surface area contributed by atoms with Gasteiger partial charge in [-0.05, 0) is 19.4 Å². The maximum Gasteiger partial charge on any atom is 0.321 e. The van der Waals surface area contributed by atoms with Gasteiger partial charge < -0.3 is 4.74 Å². The van der Waals surface area contributed by atoms with Gasteiger partial charge in [-0.15, -0.1) is 0 Å². The van der Waals surface area contributed by atoms with Gasteiger partial charge in [0, 0.05) is 0 Å². The molecule has 1 unspecified atom stereocenters. The van der Waals surface area contributed by atoms with Gasteiger partial charge in [0.25, 0.3) is 0 Å². The predicted molar refractivity (Wildman–Crippen MR) is 54.4 cm³/mol. The van der Waals surface area contributed by atoms with Crippen LogP contribution in [-0.2, 0) is 14.3 Å². The second kappa shape index (κ2) is 3.50. The van der Waals surface area contributed by atoms with Crippen molar-refractivity contribution in [2.75, 3.05) is 0 Å². The smallest absolute Gasteiger partial charge is 0.321 e. The lowest BCUT2D eigenvalue weighted by Crippen LogP contribution is -2.06. The Morgan fingerprint density at radius 3 is 2.20 bits per heavy atom. The summed E-state index contributed by atoms with van der Waals surface area (Å²) in [5.74, 6) is -1.26. The summed E-state index contributed by atoms with van der Waals surface area (Å²) in [6.07, 6.45) is 0.168. The molecule has 3 heteroatoms. The van der Waals surface area contributed by atoms with Crippen LogP contribution in [0.25, 0.3) is 0 Å². The largest absolute Gasteiger partial charge is 0.393 e. The van der Waals surface area contributed by atoms with Gasteiger partial charge in [0.15, 0.2) is 0 Å². The van der Waals surface area contributed by atoms with E-state index in [0.29, 0.717) is 0 Å². The molecule has 1 aliphatic heterocycles. The summed E-state index contributed by atoms with van der Waals surface area (Å²) in [7, 11) is 0. The quantitative estimate of drug-likeness (QED) is 0.518. The minimum Gasteiger partial charge on any atom is -0.393 e. The van der Waals surface area contributed by atoms with Crippen LogP contribution in [0.1, 0.15) is 29.0 Å². The molecule has 1 aliphatic rings. The summed E-state index contributed by atoms with van der Waals surface area (Å²) in [6.45, 7) is 3.94. The molecule has 78 valence electrons. The first kappa shape index (κ1) is 9.90. The highest BCUT2D eigenvalue weighted by atomic mass is 16.6. The Labute approximate surface area is 88.1 Å². The molecular formula is C12H12O3. The van der Waals surface area contributed by atoms with E-state index >= 15 is 0 Å². The summed E-state index contributed by atoms with van der Waals surface area (Å²) >= 11 is 0. The van der Waals surface area contributed by atoms with Gasteiger partial charge >= 0.3 is 11.9 Å². The van der Waals surface area contributed by atoms with E-state index in [9.17, 15) is 9.59 Å². The zero-order chi connectivity index (χ0) is 11.0. The Morgan fingerprint density at radius 2 is 1.73 bits per heavy atom. The zero-order valence-corrected chi connectivity index (χ0v) is 8.74. The van der Waals surface area contributed by atoms with Crippen molar-refractivity contribution in [1.82, 2.24) is 0 Å². The molecule has 0 amide bonds. The van der Waals surface area contributed by atoms with Crippen LogP contribution < -0.4 is 0 Å². The van der Waals surface area contributed by atoms with Gasteiger partial charge in [0.05, 0.1) is 12.3 Å². The number of ether oxygens (including phenoxy) is 1. The molecule has 0 aromatic heterocycles. The molecular weight excluding hydrogens is 192 g/mol. The van der Waals surface area contributed by atoms with Crippen LogP contribution in [0.5, 0.6) is 0 Å². The fourth-order valence-electron chi connectivity index (χ4n) is 1.94. The van der Waals surface area contributed by atoms with Crippen molar-refractivity contribution >= 4 is 11.9 Å². The highest BCUT2D eigenvalue weighted by Crippen LogP contribution is 2.28. The molecule has 1 fully saturated rings. The lowest BCUT2D eigenvalue weighted by molar-refractivity contribution is -0.152. The molecule has 1 saturated heterocycles. The summed E-state index contributed by atoms with van der Waals surface area (Å²) < 4.78 is 4.53. The molecule has 0 aliphatic carbocycles. The van der Waals surface area contributed by atoms with Crippen LogP contribution in [-0.4, -0.2) is 11.9 Å². The first-order valence-electron chi connectivity index (χ1n) is 4.89. The summed E-state index contributed by atoms with van der Waals surface area (Å²) in [4.78, 5) is 22.3. The summed E-state index contributed by atoms with van der Waals surface area (Å²) in [5.41, 5.74) is 3.07. The molecule has 0 bridgehead atoms. The SMILES string of the molecule is Cc1cc(C)cc(C2CC(=O)OC2=O)c1. The van der Waals surface area contributed by atoms with Gasteiger partial charge in [-0.3, -0.25) is 9.59 Å². The number of aryl methyl sites for hydroxylation is 2. The molecule has 15 heavy (non-hydrogen) atoms. The number of esters is 2. The highest BCUT2D eigenvalue weighted by Gasteiger charge is 2.34. The van der Waals surface area contributed by atoms with Crippen molar-refractivity contribution in [1.29, 1.82) is 0 Å². The second-order valence-corrected chi connectivity index (χ2v) is 3.97. The van der Waals surface area contributed by atoms with Gasteiger partial charge in [0.1, 0.15) is 0 Å². The fraction of sp³-hybridized carbons (Fsp3) is 0.333. The predicted octanol–water partition coefficient (Wildman–Crippen LogP) is 1.86. The van der Waals surface area contributed by atoms with E-state index in [1.807, 2.05) is 32.0 Å². The lowest BCUT2D eigenvalue weighted by atomic mass is 9.94. The standard InChI is InChI=1S/C12H12O3/c1-7-3-8(2)5-9(4-7)10-6-11(13)15-12(10)14/h3-5,10H,6H2,1-2H3. The van der Waals surface area contributed by atoms with E-state index in [-0.39, 0.29) is 6.42 Å². The number of cyclic esters (lactones) is 2.